The third-order valence-corrected chi connectivity index (χ3v) is 3.85. The molecule has 5 nitrogen and oxygen atoms in total. The molecule has 2 rings (SSSR count). The van der Waals surface area contributed by atoms with Gasteiger partial charge in [-0.15, -0.1) is 12.4 Å². The van der Waals surface area contributed by atoms with Gasteiger partial charge in [-0.25, -0.2) is 0 Å². The van der Waals surface area contributed by atoms with Gasteiger partial charge >= 0.3 is 5.97 Å². The monoisotopic (exact) mass is 352 g/mol. The zero-order chi connectivity index (χ0) is 14.7. The lowest BCUT2D eigenvalue weighted by Crippen LogP contribution is -2.40. The van der Waals surface area contributed by atoms with Crippen molar-refractivity contribution in [3.8, 4) is 0 Å². The molecule has 1 aromatic carbocycles. The van der Waals surface area contributed by atoms with Crippen LogP contribution < -0.4 is 5.32 Å². The molecular weight excluding hydrogens is 339 g/mol. The van der Waals surface area contributed by atoms with Gasteiger partial charge in [0.15, 0.2) is 0 Å². The molecule has 0 spiro atoms. The van der Waals surface area contributed by atoms with Crippen molar-refractivity contribution in [3.05, 3.63) is 28.2 Å². The second-order valence-electron chi connectivity index (χ2n) is 4.61. The fourth-order valence-electron chi connectivity index (χ4n) is 2.28. The van der Waals surface area contributed by atoms with E-state index in [0.29, 0.717) is 28.7 Å². The van der Waals surface area contributed by atoms with Crippen molar-refractivity contribution in [2.75, 3.05) is 18.4 Å². The number of carbonyl (C=O) groups excluding carboxylic acids is 1. The summed E-state index contributed by atoms with van der Waals surface area (Å²) in [5, 5.41) is 12.4. The normalized spacial score (nSPS) is 18.1. The van der Waals surface area contributed by atoms with E-state index in [1.165, 1.54) is 0 Å². The molecule has 1 unspecified atom stereocenters. The minimum absolute atomic E-state index is 0. The number of hydrogen-bond donors (Lipinski definition) is 2. The molecule has 1 aromatic rings. The molecule has 0 saturated carbocycles. The van der Waals surface area contributed by atoms with Crippen molar-refractivity contribution in [3.63, 3.8) is 0 Å². The van der Waals surface area contributed by atoms with Crippen LogP contribution in [0.25, 0.3) is 0 Å². The van der Waals surface area contributed by atoms with Crippen molar-refractivity contribution in [2.24, 2.45) is 0 Å². The van der Waals surface area contributed by atoms with Crippen LogP contribution in [-0.2, 0) is 9.59 Å². The summed E-state index contributed by atoms with van der Waals surface area (Å²) >= 11 is 11.9. The van der Waals surface area contributed by atoms with E-state index in [1.807, 2.05) is 0 Å². The third kappa shape index (κ3) is 4.48. The zero-order valence-corrected chi connectivity index (χ0v) is 13.3. The van der Waals surface area contributed by atoms with Gasteiger partial charge in [0.25, 0.3) is 0 Å². The second kappa shape index (κ2) is 7.84. The van der Waals surface area contributed by atoms with Gasteiger partial charge in [0.1, 0.15) is 6.04 Å². The fraction of sp³-hybridized carbons (Fsp3) is 0.385. The zero-order valence-electron chi connectivity index (χ0n) is 11.0. The first kappa shape index (κ1) is 18.0. The number of carboxylic acids is 1. The lowest BCUT2D eigenvalue weighted by molar-refractivity contribution is -0.142. The number of carboxylic acid groups (broad SMARTS) is 1. The van der Waals surface area contributed by atoms with E-state index in [4.69, 9.17) is 28.3 Å². The van der Waals surface area contributed by atoms with Crippen LogP contribution in [0.2, 0.25) is 10.0 Å². The molecular formula is C13H15Cl3N2O3. The minimum atomic E-state index is -0.897. The second-order valence-corrected chi connectivity index (χ2v) is 5.43. The number of para-hydroxylation sites is 1. The molecule has 1 amide bonds. The summed E-state index contributed by atoms with van der Waals surface area (Å²) in [7, 11) is 0. The highest BCUT2D eigenvalue weighted by molar-refractivity contribution is 6.39. The molecule has 0 radical (unpaired) electrons. The summed E-state index contributed by atoms with van der Waals surface area (Å²) in [5.74, 6) is -1.22. The van der Waals surface area contributed by atoms with E-state index in [-0.39, 0.29) is 24.9 Å². The summed E-state index contributed by atoms with van der Waals surface area (Å²) in [4.78, 5) is 24.7. The maximum atomic E-state index is 12.0. The number of nitrogens with one attached hydrogen (secondary N) is 1. The molecule has 1 fully saturated rings. The van der Waals surface area contributed by atoms with Crippen LogP contribution in [0.1, 0.15) is 12.8 Å². The lowest BCUT2D eigenvalue weighted by Gasteiger charge is -2.20. The summed E-state index contributed by atoms with van der Waals surface area (Å²) < 4.78 is 0. The maximum absolute atomic E-state index is 12.0. The quantitative estimate of drug-likeness (QED) is 0.873. The molecule has 1 aliphatic heterocycles. The molecule has 1 heterocycles. The summed E-state index contributed by atoms with van der Waals surface area (Å²) in [6, 6.07) is 4.33. The van der Waals surface area contributed by atoms with Crippen LogP contribution in [-0.4, -0.2) is 41.0 Å². The summed E-state index contributed by atoms with van der Waals surface area (Å²) in [6.45, 7) is 0.610. The number of hydrogen-bond acceptors (Lipinski definition) is 3. The Morgan fingerprint density at radius 1 is 1.33 bits per heavy atom. The average Bonchev–Trinajstić information content (AvgIpc) is 2.82. The Bertz CT molecular complexity index is 519. The van der Waals surface area contributed by atoms with Crippen LogP contribution in [0.3, 0.4) is 0 Å². The molecule has 1 atom stereocenters. The Balaban J connectivity index is 0.00000220. The van der Waals surface area contributed by atoms with Gasteiger partial charge in [0.2, 0.25) is 5.91 Å². The predicted molar refractivity (Wildman–Crippen MR) is 84.6 cm³/mol. The molecule has 116 valence electrons. The largest absolute Gasteiger partial charge is 0.480 e. The van der Waals surface area contributed by atoms with Crippen molar-refractivity contribution in [1.29, 1.82) is 0 Å². The first-order chi connectivity index (χ1) is 9.49. The molecule has 1 aliphatic rings. The SMILES string of the molecule is Cl.O=C(CN1CCCC1C(=O)O)Nc1c(Cl)cccc1Cl. The molecule has 0 bridgehead atoms. The first-order valence-electron chi connectivity index (χ1n) is 6.19. The fourth-order valence-corrected chi connectivity index (χ4v) is 2.77. The topological polar surface area (TPSA) is 69.6 Å². The highest BCUT2D eigenvalue weighted by Gasteiger charge is 2.31. The Morgan fingerprint density at radius 2 is 1.95 bits per heavy atom. The van der Waals surface area contributed by atoms with E-state index in [0.717, 1.165) is 6.42 Å². The van der Waals surface area contributed by atoms with Gasteiger partial charge in [0.05, 0.1) is 22.3 Å². The smallest absolute Gasteiger partial charge is 0.320 e. The van der Waals surface area contributed by atoms with E-state index < -0.39 is 12.0 Å². The number of rotatable bonds is 4. The highest BCUT2D eigenvalue weighted by atomic mass is 35.5. The summed E-state index contributed by atoms with van der Waals surface area (Å²) in [6.07, 6.45) is 1.34. The standard InChI is InChI=1S/C13H14Cl2N2O3.ClH/c14-8-3-1-4-9(15)12(8)16-11(18)7-17-6-2-5-10(17)13(19)20;/h1,3-4,10H,2,5-7H2,(H,16,18)(H,19,20);1H. The lowest BCUT2D eigenvalue weighted by atomic mass is 10.2. The molecule has 0 aliphatic carbocycles. The first-order valence-corrected chi connectivity index (χ1v) is 6.95. The molecule has 0 aromatic heterocycles. The van der Waals surface area contributed by atoms with Crippen LogP contribution in [0.5, 0.6) is 0 Å². The van der Waals surface area contributed by atoms with E-state index >= 15 is 0 Å². The number of likely N-dealkylation sites (tertiary alicyclic amines) is 1. The maximum Gasteiger partial charge on any atom is 0.320 e. The minimum Gasteiger partial charge on any atom is -0.480 e. The van der Waals surface area contributed by atoms with E-state index in [1.54, 1.807) is 23.1 Å². The van der Waals surface area contributed by atoms with E-state index in [2.05, 4.69) is 5.32 Å². The van der Waals surface area contributed by atoms with Gasteiger partial charge in [-0.1, -0.05) is 29.3 Å². The van der Waals surface area contributed by atoms with E-state index in [9.17, 15) is 9.59 Å². The van der Waals surface area contributed by atoms with Crippen LogP contribution in [0.15, 0.2) is 18.2 Å². The number of anilines is 1. The number of aliphatic carboxylic acids is 1. The molecule has 21 heavy (non-hydrogen) atoms. The Kier molecular flexibility index (Phi) is 6.74. The number of benzene rings is 1. The van der Waals surface area contributed by atoms with Gasteiger partial charge in [0, 0.05) is 0 Å². The third-order valence-electron chi connectivity index (χ3n) is 3.22. The van der Waals surface area contributed by atoms with Crippen molar-refractivity contribution in [1.82, 2.24) is 4.90 Å². The van der Waals surface area contributed by atoms with Crippen LogP contribution in [0.4, 0.5) is 5.69 Å². The summed E-state index contributed by atoms with van der Waals surface area (Å²) in [5.41, 5.74) is 0.354. The predicted octanol–water partition coefficient (Wildman–Crippen LogP) is 2.90. The Hall–Kier alpha value is -1.01. The van der Waals surface area contributed by atoms with Gasteiger partial charge < -0.3 is 10.4 Å². The number of carbonyl (C=O) groups is 2. The highest BCUT2D eigenvalue weighted by Crippen LogP contribution is 2.29. The molecule has 8 heteroatoms. The number of amides is 1. The van der Waals surface area contributed by atoms with Crippen molar-refractivity contribution in [2.45, 2.75) is 18.9 Å². The Labute approximate surface area is 138 Å². The number of nitrogens with zero attached hydrogens (tertiary/aromatic N) is 1. The van der Waals surface area contributed by atoms with Gasteiger partial charge in [-0.2, -0.15) is 0 Å². The van der Waals surface area contributed by atoms with Crippen molar-refractivity contribution >= 4 is 53.2 Å². The number of halogens is 3. The van der Waals surface area contributed by atoms with Crippen molar-refractivity contribution < 1.29 is 14.7 Å². The van der Waals surface area contributed by atoms with Crippen LogP contribution >= 0.6 is 35.6 Å². The Morgan fingerprint density at radius 3 is 2.52 bits per heavy atom. The van der Waals surface area contributed by atoms with Gasteiger partial charge in [-0.05, 0) is 31.5 Å². The molecule has 2 N–H and O–H groups in total. The molecule has 1 saturated heterocycles. The van der Waals surface area contributed by atoms with Gasteiger partial charge in [-0.3, -0.25) is 14.5 Å². The van der Waals surface area contributed by atoms with Crippen LogP contribution in [0, 0.1) is 0 Å². The average molecular weight is 354 g/mol.